The van der Waals surface area contributed by atoms with Gasteiger partial charge in [-0.15, -0.1) is 11.3 Å². The second-order valence-electron chi connectivity index (χ2n) is 7.90. The van der Waals surface area contributed by atoms with E-state index in [4.69, 9.17) is 0 Å². The van der Waals surface area contributed by atoms with Gasteiger partial charge in [-0.3, -0.25) is 4.79 Å². The first-order valence-corrected chi connectivity index (χ1v) is 12.5. The molecule has 6 nitrogen and oxygen atoms in total. The van der Waals surface area contributed by atoms with E-state index in [1.54, 1.807) is 23.3 Å². The lowest BCUT2D eigenvalue weighted by molar-refractivity contribution is -0.137. The van der Waals surface area contributed by atoms with Crippen molar-refractivity contribution in [2.24, 2.45) is 5.92 Å². The summed E-state index contributed by atoms with van der Waals surface area (Å²) in [5.41, 5.74) is 0.892. The first-order chi connectivity index (χ1) is 15.2. The summed E-state index contributed by atoms with van der Waals surface area (Å²) in [6, 6.07) is 9.94. The smallest absolute Gasteiger partial charge is 0.246 e. The number of piperidine rings is 1. The van der Waals surface area contributed by atoms with E-state index in [-0.39, 0.29) is 31.0 Å². The highest BCUT2D eigenvalue weighted by atomic mass is 32.2. The number of thiazole rings is 1. The van der Waals surface area contributed by atoms with Crippen LogP contribution in [0.5, 0.6) is 0 Å². The summed E-state index contributed by atoms with van der Waals surface area (Å²) < 4.78 is 55.2. The minimum Gasteiger partial charge on any atom is -0.336 e. The van der Waals surface area contributed by atoms with E-state index < -0.39 is 26.6 Å². The Morgan fingerprint density at radius 1 is 1.19 bits per heavy atom. The minimum atomic E-state index is -4.17. The quantitative estimate of drug-likeness (QED) is 0.550. The van der Waals surface area contributed by atoms with Crippen LogP contribution in [0.25, 0.3) is 10.2 Å². The molecule has 3 aromatic rings. The number of nitrogens with zero attached hydrogens (tertiary/aromatic N) is 3. The summed E-state index contributed by atoms with van der Waals surface area (Å²) in [5.74, 6) is -2.24. The van der Waals surface area contributed by atoms with Gasteiger partial charge in [0.15, 0.2) is 0 Å². The van der Waals surface area contributed by atoms with Gasteiger partial charge in [0.25, 0.3) is 0 Å². The van der Waals surface area contributed by atoms with Crippen molar-refractivity contribution >= 4 is 37.5 Å². The van der Waals surface area contributed by atoms with Crippen molar-refractivity contribution in [1.29, 1.82) is 0 Å². The van der Waals surface area contributed by atoms with E-state index in [9.17, 15) is 22.0 Å². The van der Waals surface area contributed by atoms with Gasteiger partial charge in [-0.1, -0.05) is 12.1 Å². The minimum absolute atomic E-state index is 0.0675. The lowest BCUT2D eigenvalue weighted by atomic mass is 9.96. The van der Waals surface area contributed by atoms with E-state index in [1.165, 1.54) is 0 Å². The fraction of sp³-hybridized carbons (Fsp3) is 0.364. The third kappa shape index (κ3) is 4.26. The number of aromatic nitrogens is 1. The highest BCUT2D eigenvalue weighted by molar-refractivity contribution is 7.89. The molecule has 0 radical (unpaired) electrons. The Morgan fingerprint density at radius 2 is 1.88 bits per heavy atom. The molecule has 0 saturated carbocycles. The van der Waals surface area contributed by atoms with Crippen LogP contribution in [0.15, 0.2) is 47.4 Å². The standard InChI is InChI=1S/C22H23F2N3O3S2/c1-14(21-25-18-5-3-4-6-19(18)31-21)26(2)22(28)15-9-11-27(12-10-15)32(29,30)20-13-16(23)7-8-17(20)24/h3-8,13-15H,9-12H2,1-2H3. The molecule has 4 rings (SSSR count). The van der Waals surface area contributed by atoms with Crippen molar-refractivity contribution in [3.05, 3.63) is 59.1 Å². The largest absolute Gasteiger partial charge is 0.336 e. The van der Waals surface area contributed by atoms with Gasteiger partial charge in [0.1, 0.15) is 21.5 Å². The molecule has 1 aliphatic heterocycles. The van der Waals surface area contributed by atoms with E-state index in [1.807, 2.05) is 31.2 Å². The zero-order valence-corrected chi connectivity index (χ0v) is 19.3. The maximum absolute atomic E-state index is 14.0. The number of amides is 1. The third-order valence-corrected chi connectivity index (χ3v) is 9.03. The van der Waals surface area contributed by atoms with E-state index in [0.29, 0.717) is 18.9 Å². The van der Waals surface area contributed by atoms with Crippen LogP contribution in [0.2, 0.25) is 0 Å². The molecule has 2 aromatic carbocycles. The van der Waals surface area contributed by atoms with Gasteiger partial charge < -0.3 is 4.90 Å². The Kier molecular flexibility index (Phi) is 6.28. The molecule has 170 valence electrons. The van der Waals surface area contributed by atoms with Gasteiger partial charge in [0.05, 0.1) is 16.3 Å². The van der Waals surface area contributed by atoms with Crippen LogP contribution in [0.1, 0.15) is 30.8 Å². The molecule has 2 heterocycles. The number of halogens is 2. The average molecular weight is 480 g/mol. The zero-order chi connectivity index (χ0) is 23.0. The number of carbonyl (C=O) groups excluding carboxylic acids is 1. The Hall–Kier alpha value is -2.43. The Bertz CT molecular complexity index is 1220. The summed E-state index contributed by atoms with van der Waals surface area (Å²) >= 11 is 1.54. The van der Waals surface area contributed by atoms with Crippen molar-refractivity contribution in [2.45, 2.75) is 30.7 Å². The number of carbonyl (C=O) groups is 1. The fourth-order valence-corrected chi connectivity index (χ4v) is 6.48. The molecule has 1 atom stereocenters. The average Bonchev–Trinajstić information content (AvgIpc) is 3.23. The molecule has 32 heavy (non-hydrogen) atoms. The molecule has 1 unspecified atom stereocenters. The van der Waals surface area contributed by atoms with Gasteiger partial charge in [-0.25, -0.2) is 22.2 Å². The second-order valence-corrected chi connectivity index (χ2v) is 10.9. The normalized spacial score (nSPS) is 16.9. The number of fused-ring (bicyclic) bond motifs is 1. The van der Waals surface area contributed by atoms with E-state index in [2.05, 4.69) is 4.98 Å². The van der Waals surface area contributed by atoms with Gasteiger partial charge in [0, 0.05) is 26.1 Å². The molecular formula is C22H23F2N3O3S2. The molecule has 1 saturated heterocycles. The van der Waals surface area contributed by atoms with Crippen LogP contribution in [0.4, 0.5) is 8.78 Å². The van der Waals surface area contributed by atoms with Gasteiger partial charge in [0.2, 0.25) is 15.9 Å². The number of rotatable bonds is 5. The lowest BCUT2D eigenvalue weighted by Gasteiger charge is -2.34. The predicted molar refractivity (Wildman–Crippen MR) is 119 cm³/mol. The summed E-state index contributed by atoms with van der Waals surface area (Å²) in [5, 5.41) is 0.837. The van der Waals surface area contributed by atoms with Crippen LogP contribution in [0, 0.1) is 17.6 Å². The SMILES string of the molecule is CC(c1nc2ccccc2s1)N(C)C(=O)C1CCN(S(=O)(=O)c2cc(F)ccc2F)CC1. The number of hydrogen-bond acceptors (Lipinski definition) is 5. The van der Waals surface area contributed by atoms with Crippen molar-refractivity contribution in [3.8, 4) is 0 Å². The molecule has 1 amide bonds. The second kappa shape index (κ2) is 8.84. The van der Waals surface area contributed by atoms with E-state index >= 15 is 0 Å². The maximum atomic E-state index is 14.0. The van der Waals surface area contributed by atoms with Gasteiger partial charge >= 0.3 is 0 Å². The highest BCUT2D eigenvalue weighted by Gasteiger charge is 2.35. The number of sulfonamides is 1. The van der Waals surface area contributed by atoms with Crippen molar-refractivity contribution < 1.29 is 22.0 Å². The molecule has 0 spiro atoms. The molecular weight excluding hydrogens is 456 g/mol. The molecule has 10 heteroatoms. The van der Waals surface area contributed by atoms with Gasteiger partial charge in [-0.2, -0.15) is 4.31 Å². The zero-order valence-electron chi connectivity index (χ0n) is 17.7. The monoisotopic (exact) mass is 479 g/mol. The number of benzene rings is 2. The first kappa shape index (κ1) is 22.8. The molecule has 0 N–H and O–H groups in total. The maximum Gasteiger partial charge on any atom is 0.246 e. The summed E-state index contributed by atoms with van der Waals surface area (Å²) in [6.45, 7) is 2.05. The van der Waals surface area contributed by atoms with Crippen LogP contribution < -0.4 is 0 Å². The summed E-state index contributed by atoms with van der Waals surface area (Å²) in [7, 11) is -2.45. The van der Waals surface area contributed by atoms with Crippen molar-refractivity contribution in [2.75, 3.05) is 20.1 Å². The molecule has 1 aromatic heterocycles. The Morgan fingerprint density at radius 3 is 2.56 bits per heavy atom. The van der Waals surface area contributed by atoms with E-state index in [0.717, 1.165) is 31.7 Å². The number of hydrogen-bond donors (Lipinski definition) is 0. The Labute approximate surface area is 189 Å². The first-order valence-electron chi connectivity index (χ1n) is 10.3. The van der Waals surface area contributed by atoms with Gasteiger partial charge in [-0.05, 0) is 50.1 Å². The molecule has 0 bridgehead atoms. The van der Waals surface area contributed by atoms with Crippen LogP contribution in [0.3, 0.4) is 0 Å². The lowest BCUT2D eigenvalue weighted by Crippen LogP contribution is -2.44. The van der Waals surface area contributed by atoms with Crippen LogP contribution >= 0.6 is 11.3 Å². The fourth-order valence-electron chi connectivity index (χ4n) is 3.87. The number of para-hydroxylation sites is 1. The van der Waals surface area contributed by atoms with Crippen LogP contribution in [-0.4, -0.2) is 48.7 Å². The topological polar surface area (TPSA) is 70.6 Å². The molecule has 1 aliphatic rings. The summed E-state index contributed by atoms with van der Waals surface area (Å²) in [6.07, 6.45) is 0.623. The van der Waals surface area contributed by atoms with Crippen LogP contribution in [-0.2, 0) is 14.8 Å². The highest BCUT2D eigenvalue weighted by Crippen LogP contribution is 2.32. The summed E-state index contributed by atoms with van der Waals surface area (Å²) in [4.78, 5) is 18.7. The van der Waals surface area contributed by atoms with Crippen molar-refractivity contribution in [1.82, 2.24) is 14.2 Å². The Balaban J connectivity index is 1.43. The molecule has 1 fully saturated rings. The predicted octanol–water partition coefficient (Wildman–Crippen LogP) is 4.19. The van der Waals surface area contributed by atoms with Crippen molar-refractivity contribution in [3.63, 3.8) is 0 Å². The third-order valence-electron chi connectivity index (χ3n) is 5.91. The molecule has 0 aliphatic carbocycles.